The minimum Gasteiger partial charge on any atom is -0.294 e. The van der Waals surface area contributed by atoms with Crippen LogP contribution in [0.4, 0.5) is 0 Å². The molecule has 0 N–H and O–H groups in total. The number of ketones is 1. The quantitative estimate of drug-likeness (QED) is 0.613. The molecule has 3 aliphatic carbocycles. The van der Waals surface area contributed by atoms with E-state index in [2.05, 4.69) is 33.4 Å². The Balaban J connectivity index is 2.11. The third kappa shape index (κ3) is 2.03. The van der Waals surface area contributed by atoms with Crippen molar-refractivity contribution < 1.29 is 4.79 Å². The van der Waals surface area contributed by atoms with Gasteiger partial charge in [-0.25, -0.2) is 0 Å². The number of fused-ring (bicyclic) bond motifs is 2. The van der Waals surface area contributed by atoms with E-state index in [1.54, 1.807) is 5.57 Å². The van der Waals surface area contributed by atoms with Gasteiger partial charge in [-0.05, 0) is 49.0 Å². The van der Waals surface area contributed by atoms with Crippen molar-refractivity contribution >= 4 is 5.78 Å². The summed E-state index contributed by atoms with van der Waals surface area (Å²) in [5, 5.41) is 0. The molecule has 0 aromatic rings. The number of allylic oxidation sites excluding steroid dienone is 5. The summed E-state index contributed by atoms with van der Waals surface area (Å²) in [6, 6.07) is 0. The molecule has 0 aromatic heterocycles. The smallest absolute Gasteiger partial charge is 0.163 e. The van der Waals surface area contributed by atoms with E-state index in [1.807, 2.05) is 6.08 Å². The lowest BCUT2D eigenvalue weighted by molar-refractivity contribution is -0.117. The molecule has 2 atom stereocenters. The largest absolute Gasteiger partial charge is 0.294 e. The van der Waals surface area contributed by atoms with Crippen LogP contribution in [0.1, 0.15) is 59.3 Å². The summed E-state index contributed by atoms with van der Waals surface area (Å²) < 4.78 is 0. The molecular formula is C19H26O. The van der Waals surface area contributed by atoms with Crippen molar-refractivity contribution in [3.05, 3.63) is 35.5 Å². The van der Waals surface area contributed by atoms with Crippen molar-refractivity contribution in [1.29, 1.82) is 0 Å². The summed E-state index contributed by atoms with van der Waals surface area (Å²) >= 11 is 0. The highest BCUT2D eigenvalue weighted by molar-refractivity contribution is 6.02. The minimum atomic E-state index is 0.00603. The van der Waals surface area contributed by atoms with Crippen LogP contribution in [0.25, 0.3) is 0 Å². The summed E-state index contributed by atoms with van der Waals surface area (Å²) in [6.07, 6.45) is 10.8. The molecule has 0 amide bonds. The first-order valence-corrected chi connectivity index (χ1v) is 7.98. The van der Waals surface area contributed by atoms with Crippen molar-refractivity contribution in [1.82, 2.24) is 0 Å². The first-order valence-electron chi connectivity index (χ1n) is 7.98. The Hall–Kier alpha value is -1.11. The van der Waals surface area contributed by atoms with Crippen LogP contribution >= 0.6 is 0 Å². The third-order valence-electron chi connectivity index (χ3n) is 5.89. The zero-order valence-corrected chi connectivity index (χ0v) is 13.1. The second-order valence-electron chi connectivity index (χ2n) is 7.79. The summed E-state index contributed by atoms with van der Waals surface area (Å²) in [5.74, 6) is 0.862. The lowest BCUT2D eigenvalue weighted by Gasteiger charge is -2.46. The lowest BCUT2D eigenvalue weighted by Crippen LogP contribution is -2.37. The topological polar surface area (TPSA) is 17.1 Å². The molecular weight excluding hydrogens is 244 g/mol. The maximum atomic E-state index is 12.6. The average molecular weight is 270 g/mol. The Morgan fingerprint density at radius 2 is 2.00 bits per heavy atom. The fraction of sp³-hybridized carbons (Fsp3) is 0.632. The van der Waals surface area contributed by atoms with Crippen molar-refractivity contribution in [2.75, 3.05) is 0 Å². The Labute approximate surface area is 122 Å². The molecule has 20 heavy (non-hydrogen) atoms. The number of Topliss-reactive ketones (excluding diaryl/α,β-unsaturated/α-hetero) is 1. The van der Waals surface area contributed by atoms with E-state index in [9.17, 15) is 4.79 Å². The average Bonchev–Trinajstić information content (AvgIpc) is 2.40. The van der Waals surface area contributed by atoms with Crippen LogP contribution < -0.4 is 0 Å². The van der Waals surface area contributed by atoms with Gasteiger partial charge < -0.3 is 0 Å². The number of rotatable bonds is 1. The molecule has 1 fully saturated rings. The summed E-state index contributed by atoms with van der Waals surface area (Å²) in [5.41, 5.74) is 4.34. The molecule has 108 valence electrons. The van der Waals surface area contributed by atoms with E-state index in [1.165, 1.54) is 24.8 Å². The van der Waals surface area contributed by atoms with Gasteiger partial charge in [-0.3, -0.25) is 4.79 Å². The Morgan fingerprint density at radius 3 is 2.70 bits per heavy atom. The number of hydrogen-bond donors (Lipinski definition) is 0. The fourth-order valence-corrected chi connectivity index (χ4v) is 4.37. The molecule has 0 spiro atoms. The number of hydrogen-bond acceptors (Lipinski definition) is 1. The fourth-order valence-electron chi connectivity index (χ4n) is 4.37. The van der Waals surface area contributed by atoms with Gasteiger partial charge in [0, 0.05) is 17.4 Å². The molecule has 0 aliphatic heterocycles. The standard InChI is InChI=1S/C19H26O/c1-5-19(4)10-8-13-14-7-6-9-18(2,3)16(14)11-17(20)15(13)12-19/h5,12,16H,1,6-11H2,2-4H3/t16-,19+/m0/s1. The zero-order chi connectivity index (χ0) is 14.5. The second-order valence-corrected chi connectivity index (χ2v) is 7.79. The van der Waals surface area contributed by atoms with Crippen LogP contribution in [0, 0.1) is 16.7 Å². The minimum absolute atomic E-state index is 0.00603. The molecule has 0 unspecified atom stereocenters. The van der Waals surface area contributed by atoms with Gasteiger partial charge in [0.05, 0.1) is 0 Å². The molecule has 3 aliphatic rings. The molecule has 0 aromatic carbocycles. The van der Waals surface area contributed by atoms with Crippen LogP contribution in [0.15, 0.2) is 35.5 Å². The maximum absolute atomic E-state index is 12.6. The van der Waals surface area contributed by atoms with Crippen molar-refractivity contribution in [2.45, 2.75) is 59.3 Å². The zero-order valence-electron chi connectivity index (χ0n) is 13.1. The van der Waals surface area contributed by atoms with E-state index in [4.69, 9.17) is 0 Å². The van der Waals surface area contributed by atoms with Gasteiger partial charge in [0.15, 0.2) is 5.78 Å². The van der Waals surface area contributed by atoms with Gasteiger partial charge in [-0.1, -0.05) is 38.5 Å². The van der Waals surface area contributed by atoms with Gasteiger partial charge in [0.1, 0.15) is 0 Å². The Kier molecular flexibility index (Phi) is 3.08. The van der Waals surface area contributed by atoms with Gasteiger partial charge in [0.2, 0.25) is 0 Å². The van der Waals surface area contributed by atoms with Gasteiger partial charge in [-0.15, -0.1) is 6.58 Å². The molecule has 1 heteroatoms. The normalized spacial score (nSPS) is 36.0. The van der Waals surface area contributed by atoms with Crippen LogP contribution in [-0.4, -0.2) is 5.78 Å². The van der Waals surface area contributed by atoms with E-state index >= 15 is 0 Å². The maximum Gasteiger partial charge on any atom is 0.163 e. The second kappa shape index (κ2) is 4.44. The Morgan fingerprint density at radius 1 is 1.25 bits per heavy atom. The molecule has 1 nitrogen and oxygen atoms in total. The van der Waals surface area contributed by atoms with Crippen LogP contribution in [0.2, 0.25) is 0 Å². The monoisotopic (exact) mass is 270 g/mol. The molecule has 1 saturated carbocycles. The highest BCUT2D eigenvalue weighted by Crippen LogP contribution is 2.53. The van der Waals surface area contributed by atoms with Gasteiger partial charge >= 0.3 is 0 Å². The summed E-state index contributed by atoms with van der Waals surface area (Å²) in [7, 11) is 0. The first kappa shape index (κ1) is 13.9. The van der Waals surface area contributed by atoms with Crippen LogP contribution in [0.5, 0.6) is 0 Å². The van der Waals surface area contributed by atoms with E-state index in [0.717, 1.165) is 24.8 Å². The van der Waals surface area contributed by atoms with E-state index in [-0.39, 0.29) is 5.41 Å². The van der Waals surface area contributed by atoms with Crippen molar-refractivity contribution in [2.24, 2.45) is 16.7 Å². The number of carbonyl (C=O) groups excluding carboxylic acids is 1. The third-order valence-corrected chi connectivity index (χ3v) is 5.89. The van der Waals surface area contributed by atoms with Gasteiger partial charge in [-0.2, -0.15) is 0 Å². The SMILES string of the molecule is C=C[C@@]1(C)C=C2C(=O)C[C@H]3C(=C2CC1)CCCC3(C)C. The number of carbonyl (C=O) groups is 1. The Bertz CT molecular complexity index is 532. The molecule has 3 rings (SSSR count). The highest BCUT2D eigenvalue weighted by Gasteiger charge is 2.43. The van der Waals surface area contributed by atoms with Gasteiger partial charge in [0.25, 0.3) is 0 Å². The summed E-state index contributed by atoms with van der Waals surface area (Å²) in [4.78, 5) is 12.6. The van der Waals surface area contributed by atoms with Crippen molar-refractivity contribution in [3.63, 3.8) is 0 Å². The molecule has 0 radical (unpaired) electrons. The van der Waals surface area contributed by atoms with E-state index < -0.39 is 0 Å². The van der Waals surface area contributed by atoms with E-state index in [0.29, 0.717) is 17.1 Å². The first-order chi connectivity index (χ1) is 9.36. The molecule has 0 saturated heterocycles. The molecule has 0 heterocycles. The van der Waals surface area contributed by atoms with Crippen molar-refractivity contribution in [3.8, 4) is 0 Å². The highest BCUT2D eigenvalue weighted by atomic mass is 16.1. The molecule has 0 bridgehead atoms. The predicted molar refractivity (Wildman–Crippen MR) is 83.4 cm³/mol. The summed E-state index contributed by atoms with van der Waals surface area (Å²) in [6.45, 7) is 10.8. The van der Waals surface area contributed by atoms with Crippen LogP contribution in [0.3, 0.4) is 0 Å². The lowest BCUT2D eigenvalue weighted by atomic mass is 9.58. The predicted octanol–water partition coefficient (Wildman–Crippen LogP) is 4.99. The van der Waals surface area contributed by atoms with Crippen LogP contribution in [-0.2, 0) is 4.79 Å².